The standard InChI is InChI=1S/C20H29NS.ClH/c1-14(21-6-2-3-7-21)20(19-5-4-8-22-19)17-10-15-9-16(12-17)13-18(20)11-15;/h4-5,8,14-18H,2-3,6-7,9-13H2,1H3;1H. The number of hydrogen-bond donors (Lipinski definition) is 0. The van der Waals surface area contributed by atoms with Crippen molar-refractivity contribution in [1.82, 2.24) is 4.90 Å². The van der Waals surface area contributed by atoms with Gasteiger partial charge in [0.1, 0.15) is 0 Å². The Kier molecular flexibility index (Phi) is 4.31. The van der Waals surface area contributed by atoms with Gasteiger partial charge in [0, 0.05) is 16.3 Å². The van der Waals surface area contributed by atoms with Gasteiger partial charge in [0.25, 0.3) is 0 Å². The highest BCUT2D eigenvalue weighted by atomic mass is 35.5. The Labute approximate surface area is 151 Å². The maximum absolute atomic E-state index is 2.85. The Morgan fingerprint density at radius 2 is 1.65 bits per heavy atom. The molecule has 5 fully saturated rings. The smallest absolute Gasteiger partial charge is 0.0256 e. The van der Waals surface area contributed by atoms with E-state index in [1.165, 1.54) is 51.6 Å². The lowest BCUT2D eigenvalue weighted by molar-refractivity contribution is -0.0922. The van der Waals surface area contributed by atoms with Crippen LogP contribution in [0, 0.1) is 23.7 Å². The fourth-order valence-corrected chi connectivity index (χ4v) is 8.38. The summed E-state index contributed by atoms with van der Waals surface area (Å²) < 4.78 is 0. The molecule has 1 aromatic rings. The number of likely N-dealkylation sites (tertiary alicyclic amines) is 1. The minimum atomic E-state index is 0. The van der Waals surface area contributed by atoms with Crippen LogP contribution < -0.4 is 0 Å². The summed E-state index contributed by atoms with van der Waals surface area (Å²) in [5, 5.41) is 2.33. The van der Waals surface area contributed by atoms with Gasteiger partial charge in [-0.25, -0.2) is 0 Å². The summed E-state index contributed by atoms with van der Waals surface area (Å²) in [6.45, 7) is 5.29. The van der Waals surface area contributed by atoms with Gasteiger partial charge in [-0.3, -0.25) is 4.90 Å². The van der Waals surface area contributed by atoms with Crippen LogP contribution in [-0.4, -0.2) is 24.0 Å². The van der Waals surface area contributed by atoms with Gasteiger partial charge in [-0.1, -0.05) is 6.07 Å². The molecule has 0 aromatic carbocycles. The molecule has 0 spiro atoms. The van der Waals surface area contributed by atoms with E-state index < -0.39 is 0 Å². The molecule has 4 saturated carbocycles. The van der Waals surface area contributed by atoms with Gasteiger partial charge >= 0.3 is 0 Å². The van der Waals surface area contributed by atoms with Crippen molar-refractivity contribution >= 4 is 23.7 Å². The Balaban J connectivity index is 0.00000135. The topological polar surface area (TPSA) is 3.24 Å². The molecule has 3 heteroatoms. The Morgan fingerprint density at radius 1 is 1.04 bits per heavy atom. The van der Waals surface area contributed by atoms with Crippen LogP contribution in [0.25, 0.3) is 0 Å². The van der Waals surface area contributed by atoms with Crippen molar-refractivity contribution in [3.05, 3.63) is 22.4 Å². The third kappa shape index (κ3) is 2.28. The molecule has 2 heterocycles. The van der Waals surface area contributed by atoms with E-state index in [1.54, 1.807) is 11.3 Å². The van der Waals surface area contributed by atoms with Crippen molar-refractivity contribution in [1.29, 1.82) is 0 Å². The molecule has 1 saturated heterocycles. The molecule has 4 aliphatic carbocycles. The molecule has 23 heavy (non-hydrogen) atoms. The van der Waals surface area contributed by atoms with Gasteiger partial charge in [0.15, 0.2) is 0 Å². The average Bonchev–Trinajstić information content (AvgIpc) is 3.20. The first-order valence-corrected chi connectivity index (χ1v) is 10.4. The molecule has 0 N–H and O–H groups in total. The molecular weight excluding hydrogens is 322 g/mol. The van der Waals surface area contributed by atoms with E-state index in [2.05, 4.69) is 40.7 Å². The lowest BCUT2D eigenvalue weighted by Gasteiger charge is -2.64. The zero-order valence-corrected chi connectivity index (χ0v) is 15.9. The molecule has 1 aliphatic heterocycles. The summed E-state index contributed by atoms with van der Waals surface area (Å²) in [4.78, 5) is 4.59. The second-order valence-electron chi connectivity index (χ2n) is 8.63. The van der Waals surface area contributed by atoms with E-state index in [0.717, 1.165) is 29.7 Å². The van der Waals surface area contributed by atoms with Crippen molar-refractivity contribution in [2.45, 2.75) is 63.3 Å². The Bertz CT molecular complexity index is 506. The van der Waals surface area contributed by atoms with E-state index in [4.69, 9.17) is 0 Å². The zero-order chi connectivity index (χ0) is 14.7. The largest absolute Gasteiger partial charge is 0.300 e. The Hall–Kier alpha value is -0.0500. The van der Waals surface area contributed by atoms with Gasteiger partial charge in [-0.15, -0.1) is 23.7 Å². The van der Waals surface area contributed by atoms with Crippen LogP contribution in [0.5, 0.6) is 0 Å². The van der Waals surface area contributed by atoms with Crippen LogP contribution in [0.1, 0.15) is 56.7 Å². The van der Waals surface area contributed by atoms with E-state index in [-0.39, 0.29) is 12.4 Å². The molecule has 6 rings (SSSR count). The molecule has 128 valence electrons. The lowest BCUT2D eigenvalue weighted by Crippen LogP contribution is -2.63. The molecule has 1 nitrogen and oxygen atoms in total. The molecule has 0 amide bonds. The van der Waals surface area contributed by atoms with E-state index in [9.17, 15) is 0 Å². The molecule has 4 bridgehead atoms. The molecule has 5 aliphatic rings. The monoisotopic (exact) mass is 351 g/mol. The molecule has 1 aromatic heterocycles. The second-order valence-corrected chi connectivity index (χ2v) is 9.58. The summed E-state index contributed by atoms with van der Waals surface area (Å²) >= 11 is 2.06. The van der Waals surface area contributed by atoms with Crippen LogP contribution in [0.4, 0.5) is 0 Å². The number of rotatable bonds is 3. The van der Waals surface area contributed by atoms with Gasteiger partial charge in [0.05, 0.1) is 0 Å². The van der Waals surface area contributed by atoms with Crippen molar-refractivity contribution in [2.75, 3.05) is 13.1 Å². The summed E-state index contributed by atoms with van der Waals surface area (Å²) in [5.41, 5.74) is 0.492. The summed E-state index contributed by atoms with van der Waals surface area (Å²) in [6.07, 6.45) is 10.5. The van der Waals surface area contributed by atoms with Crippen LogP contribution >= 0.6 is 23.7 Å². The fourth-order valence-electron chi connectivity index (χ4n) is 7.21. The lowest BCUT2D eigenvalue weighted by atomic mass is 9.43. The van der Waals surface area contributed by atoms with Gasteiger partial charge < -0.3 is 0 Å². The third-order valence-corrected chi connectivity index (χ3v) is 8.85. The third-order valence-electron chi connectivity index (χ3n) is 7.82. The van der Waals surface area contributed by atoms with E-state index in [1.807, 2.05) is 0 Å². The van der Waals surface area contributed by atoms with Crippen LogP contribution in [0.2, 0.25) is 0 Å². The molecular formula is C20H30ClNS. The van der Waals surface area contributed by atoms with Crippen LogP contribution in [0.15, 0.2) is 17.5 Å². The first kappa shape index (κ1) is 16.4. The Morgan fingerprint density at radius 3 is 2.17 bits per heavy atom. The maximum atomic E-state index is 2.85. The average molecular weight is 352 g/mol. The minimum Gasteiger partial charge on any atom is -0.300 e. The van der Waals surface area contributed by atoms with Gasteiger partial charge in [-0.2, -0.15) is 0 Å². The highest BCUT2D eigenvalue weighted by molar-refractivity contribution is 7.10. The van der Waals surface area contributed by atoms with E-state index in [0.29, 0.717) is 5.41 Å². The van der Waals surface area contributed by atoms with Gasteiger partial charge in [-0.05, 0) is 100 Å². The van der Waals surface area contributed by atoms with Crippen molar-refractivity contribution in [3.8, 4) is 0 Å². The van der Waals surface area contributed by atoms with Gasteiger partial charge in [0.2, 0.25) is 0 Å². The minimum absolute atomic E-state index is 0. The predicted molar refractivity (Wildman–Crippen MR) is 101 cm³/mol. The first-order chi connectivity index (χ1) is 10.8. The second kappa shape index (κ2) is 6.04. The molecule has 1 unspecified atom stereocenters. The fraction of sp³-hybridized carbons (Fsp3) is 0.800. The highest BCUT2D eigenvalue weighted by Crippen LogP contribution is 2.65. The number of nitrogens with zero attached hydrogens (tertiary/aromatic N) is 1. The first-order valence-electron chi connectivity index (χ1n) is 9.56. The van der Waals surface area contributed by atoms with E-state index >= 15 is 0 Å². The van der Waals surface area contributed by atoms with Crippen molar-refractivity contribution in [3.63, 3.8) is 0 Å². The van der Waals surface area contributed by atoms with Crippen LogP contribution in [0.3, 0.4) is 0 Å². The molecule has 1 atom stereocenters. The van der Waals surface area contributed by atoms with Crippen molar-refractivity contribution < 1.29 is 0 Å². The summed E-state index contributed by atoms with van der Waals surface area (Å²) in [6, 6.07) is 5.55. The number of hydrogen-bond acceptors (Lipinski definition) is 2. The SMILES string of the molecule is CC(N1CCCC1)C1(c2cccs2)C2CC3CC(C2)CC1C3.Cl. The quantitative estimate of drug-likeness (QED) is 0.709. The number of halogens is 1. The predicted octanol–water partition coefficient (Wildman–Crippen LogP) is 5.35. The summed E-state index contributed by atoms with van der Waals surface area (Å²) in [5.74, 6) is 4.08. The maximum Gasteiger partial charge on any atom is 0.0256 e. The molecule has 0 radical (unpaired) electrons. The zero-order valence-electron chi connectivity index (χ0n) is 14.2. The normalized spacial score (nSPS) is 43.5. The van der Waals surface area contributed by atoms with Crippen LogP contribution in [-0.2, 0) is 5.41 Å². The summed E-state index contributed by atoms with van der Waals surface area (Å²) in [7, 11) is 0. The number of thiophene rings is 1. The highest BCUT2D eigenvalue weighted by Gasteiger charge is 2.61. The van der Waals surface area contributed by atoms with Crippen molar-refractivity contribution in [2.24, 2.45) is 23.7 Å².